The van der Waals surface area contributed by atoms with Gasteiger partial charge in [-0.3, -0.25) is 4.79 Å². The summed E-state index contributed by atoms with van der Waals surface area (Å²) in [4.78, 5) is 14.2. The van der Waals surface area contributed by atoms with Gasteiger partial charge in [-0.05, 0) is 52.6 Å². The predicted octanol–water partition coefficient (Wildman–Crippen LogP) is 1.26. The number of amides is 1. The number of carbonyl (C=O) groups is 1. The van der Waals surface area contributed by atoms with Gasteiger partial charge in [-0.1, -0.05) is 0 Å². The number of carbonyl (C=O) groups excluding carboxylic acids is 1. The third kappa shape index (κ3) is 3.96. The normalized spacial score (nSPS) is 18.1. The fourth-order valence-corrected chi connectivity index (χ4v) is 2.20. The Hall–Kier alpha value is -0.610. The minimum atomic E-state index is -0.705. The van der Waals surface area contributed by atoms with E-state index in [0.29, 0.717) is 5.92 Å². The van der Waals surface area contributed by atoms with Crippen molar-refractivity contribution in [3.8, 4) is 0 Å². The topological polar surface area (TPSA) is 41.6 Å². The van der Waals surface area contributed by atoms with Crippen LogP contribution in [0.4, 0.5) is 0 Å². The quantitative estimate of drug-likeness (QED) is 0.789. The average molecular weight is 242 g/mol. The van der Waals surface area contributed by atoms with Gasteiger partial charge in [-0.2, -0.15) is 0 Å². The number of nitrogens with one attached hydrogen (secondary N) is 1. The Balaban J connectivity index is 2.55. The second-order valence-electron chi connectivity index (χ2n) is 5.25. The Morgan fingerprint density at radius 1 is 1.41 bits per heavy atom. The molecule has 1 aliphatic heterocycles. The van der Waals surface area contributed by atoms with Gasteiger partial charge in [-0.25, -0.2) is 0 Å². The van der Waals surface area contributed by atoms with Crippen LogP contribution in [-0.2, 0) is 9.53 Å². The Bertz CT molecular complexity index is 248. The maximum Gasteiger partial charge on any atom is 0.254 e. The van der Waals surface area contributed by atoms with Crippen molar-refractivity contribution in [3.05, 3.63) is 0 Å². The van der Waals surface area contributed by atoms with Crippen LogP contribution in [0.1, 0.15) is 33.6 Å². The first-order valence-electron chi connectivity index (χ1n) is 6.56. The molecular formula is C13H26N2O2. The summed E-state index contributed by atoms with van der Waals surface area (Å²) in [6.45, 7) is 9.47. The molecule has 0 aliphatic carbocycles. The molecule has 1 heterocycles. The van der Waals surface area contributed by atoms with Crippen molar-refractivity contribution in [2.75, 3.05) is 33.3 Å². The molecule has 4 heteroatoms. The summed E-state index contributed by atoms with van der Waals surface area (Å²) in [6, 6.07) is 0. The predicted molar refractivity (Wildman–Crippen MR) is 68.9 cm³/mol. The van der Waals surface area contributed by atoms with E-state index in [4.69, 9.17) is 4.74 Å². The molecule has 1 rings (SSSR count). The van der Waals surface area contributed by atoms with Crippen LogP contribution in [0.15, 0.2) is 0 Å². The first-order chi connectivity index (χ1) is 8.01. The lowest BCUT2D eigenvalue weighted by atomic mass is 9.96. The highest BCUT2D eigenvalue weighted by molar-refractivity contribution is 5.84. The molecule has 1 amide bonds. The van der Waals surface area contributed by atoms with Crippen LogP contribution >= 0.6 is 0 Å². The summed E-state index contributed by atoms with van der Waals surface area (Å²) >= 11 is 0. The van der Waals surface area contributed by atoms with Crippen molar-refractivity contribution >= 4 is 5.91 Å². The van der Waals surface area contributed by atoms with E-state index in [1.54, 1.807) is 7.11 Å². The highest BCUT2D eigenvalue weighted by Crippen LogP contribution is 2.17. The average Bonchev–Trinajstić information content (AvgIpc) is 2.36. The van der Waals surface area contributed by atoms with E-state index in [-0.39, 0.29) is 5.91 Å². The van der Waals surface area contributed by atoms with Gasteiger partial charge in [0.15, 0.2) is 0 Å². The lowest BCUT2D eigenvalue weighted by Gasteiger charge is -2.34. The van der Waals surface area contributed by atoms with E-state index in [2.05, 4.69) is 5.32 Å². The number of likely N-dealkylation sites (N-methyl/N-ethyl adjacent to an activating group) is 1. The van der Waals surface area contributed by atoms with Gasteiger partial charge < -0.3 is 15.0 Å². The molecule has 0 aromatic heterocycles. The molecule has 1 fully saturated rings. The lowest BCUT2D eigenvalue weighted by Crippen LogP contribution is -2.48. The molecule has 0 aromatic rings. The van der Waals surface area contributed by atoms with Crippen LogP contribution in [0.2, 0.25) is 0 Å². The molecule has 0 saturated carbocycles. The molecule has 0 radical (unpaired) electrons. The van der Waals surface area contributed by atoms with Crippen LogP contribution < -0.4 is 5.32 Å². The largest absolute Gasteiger partial charge is 0.369 e. The van der Waals surface area contributed by atoms with Crippen molar-refractivity contribution < 1.29 is 9.53 Å². The number of rotatable bonds is 5. The first-order valence-corrected chi connectivity index (χ1v) is 6.56. The minimum absolute atomic E-state index is 0.0982. The molecule has 1 N–H and O–H groups in total. The van der Waals surface area contributed by atoms with Gasteiger partial charge >= 0.3 is 0 Å². The zero-order valence-electron chi connectivity index (χ0n) is 11.6. The molecule has 1 saturated heterocycles. The third-order valence-corrected chi connectivity index (χ3v) is 3.63. The molecular weight excluding hydrogens is 216 g/mol. The van der Waals surface area contributed by atoms with E-state index in [9.17, 15) is 4.79 Å². The van der Waals surface area contributed by atoms with Crippen LogP contribution in [0.25, 0.3) is 0 Å². The summed E-state index contributed by atoms with van der Waals surface area (Å²) in [5, 5.41) is 3.35. The van der Waals surface area contributed by atoms with Crippen molar-refractivity contribution in [3.63, 3.8) is 0 Å². The Morgan fingerprint density at radius 2 is 2.00 bits per heavy atom. The van der Waals surface area contributed by atoms with Gasteiger partial charge in [-0.15, -0.1) is 0 Å². The number of ether oxygens (including phenoxy) is 1. The molecule has 17 heavy (non-hydrogen) atoms. The molecule has 4 nitrogen and oxygen atoms in total. The number of piperidine rings is 1. The number of hydrogen-bond donors (Lipinski definition) is 1. The number of methoxy groups -OCH3 is 1. The molecule has 100 valence electrons. The number of hydrogen-bond acceptors (Lipinski definition) is 3. The SMILES string of the molecule is CCN(CC1CCNCC1)C(=O)C(C)(C)OC. The van der Waals surface area contributed by atoms with Gasteiger partial charge in [0.25, 0.3) is 5.91 Å². The summed E-state index contributed by atoms with van der Waals surface area (Å²) < 4.78 is 5.27. The van der Waals surface area contributed by atoms with Gasteiger partial charge in [0.05, 0.1) is 0 Å². The van der Waals surface area contributed by atoms with Crippen LogP contribution in [0, 0.1) is 5.92 Å². The van der Waals surface area contributed by atoms with Crippen LogP contribution in [-0.4, -0.2) is 49.7 Å². The molecule has 0 spiro atoms. The summed E-state index contributed by atoms with van der Waals surface area (Å²) in [5.74, 6) is 0.730. The van der Waals surface area contributed by atoms with Gasteiger partial charge in [0.2, 0.25) is 0 Å². The maximum absolute atomic E-state index is 12.3. The van der Waals surface area contributed by atoms with Gasteiger partial charge in [0.1, 0.15) is 5.60 Å². The zero-order chi connectivity index (χ0) is 12.9. The minimum Gasteiger partial charge on any atom is -0.369 e. The fraction of sp³-hybridized carbons (Fsp3) is 0.923. The molecule has 0 aromatic carbocycles. The zero-order valence-corrected chi connectivity index (χ0v) is 11.6. The maximum atomic E-state index is 12.3. The van der Waals surface area contributed by atoms with E-state index >= 15 is 0 Å². The molecule has 0 unspecified atom stereocenters. The Kier molecular flexibility index (Phi) is 5.40. The van der Waals surface area contributed by atoms with E-state index in [1.165, 1.54) is 0 Å². The summed E-state index contributed by atoms with van der Waals surface area (Å²) in [5.41, 5.74) is -0.705. The molecule has 1 aliphatic rings. The van der Waals surface area contributed by atoms with E-state index in [1.807, 2.05) is 25.7 Å². The van der Waals surface area contributed by atoms with Crippen molar-refractivity contribution in [1.82, 2.24) is 10.2 Å². The number of nitrogens with zero attached hydrogens (tertiary/aromatic N) is 1. The summed E-state index contributed by atoms with van der Waals surface area (Å²) in [7, 11) is 1.59. The van der Waals surface area contributed by atoms with Crippen molar-refractivity contribution in [2.24, 2.45) is 5.92 Å². The monoisotopic (exact) mass is 242 g/mol. The van der Waals surface area contributed by atoms with Crippen molar-refractivity contribution in [1.29, 1.82) is 0 Å². The van der Waals surface area contributed by atoms with Gasteiger partial charge in [0, 0.05) is 20.2 Å². The van der Waals surface area contributed by atoms with Crippen LogP contribution in [0.3, 0.4) is 0 Å². The van der Waals surface area contributed by atoms with E-state index in [0.717, 1.165) is 39.0 Å². The summed E-state index contributed by atoms with van der Waals surface area (Å²) in [6.07, 6.45) is 2.33. The fourth-order valence-electron chi connectivity index (χ4n) is 2.20. The second kappa shape index (κ2) is 6.36. The highest BCUT2D eigenvalue weighted by atomic mass is 16.5. The third-order valence-electron chi connectivity index (χ3n) is 3.63. The van der Waals surface area contributed by atoms with Crippen LogP contribution in [0.5, 0.6) is 0 Å². The lowest BCUT2D eigenvalue weighted by molar-refractivity contribution is -0.151. The standard InChI is InChI=1S/C13H26N2O2/c1-5-15(12(16)13(2,3)17-4)10-11-6-8-14-9-7-11/h11,14H,5-10H2,1-4H3. The molecule has 0 atom stereocenters. The Labute approximate surface area is 105 Å². The smallest absolute Gasteiger partial charge is 0.254 e. The van der Waals surface area contributed by atoms with E-state index < -0.39 is 5.60 Å². The second-order valence-corrected chi connectivity index (χ2v) is 5.25. The van der Waals surface area contributed by atoms with Crippen molar-refractivity contribution in [2.45, 2.75) is 39.2 Å². The Morgan fingerprint density at radius 3 is 2.47 bits per heavy atom. The molecule has 0 bridgehead atoms. The first kappa shape index (κ1) is 14.5. The highest BCUT2D eigenvalue weighted by Gasteiger charge is 2.32.